The molecule has 1 atom stereocenters. The molecule has 0 aliphatic carbocycles. The molecule has 1 unspecified atom stereocenters. The van der Waals surface area contributed by atoms with E-state index in [4.69, 9.17) is 0 Å². The molecule has 2 N–H and O–H groups in total. The van der Waals surface area contributed by atoms with Crippen molar-refractivity contribution >= 4 is 21.9 Å². The second-order valence-corrected chi connectivity index (χ2v) is 6.28. The molecule has 0 spiro atoms. The molecular weight excluding hydrogens is 284 g/mol. The molecule has 3 aromatic carbocycles. The van der Waals surface area contributed by atoms with E-state index in [1.54, 1.807) is 18.2 Å². The van der Waals surface area contributed by atoms with Gasteiger partial charge in [0.05, 0.1) is 0 Å². The fraction of sp³-hybridized carbons (Fsp3) is 0.0588. The van der Waals surface area contributed by atoms with Crippen molar-refractivity contribution in [2.24, 2.45) is 0 Å². The lowest BCUT2D eigenvalue weighted by molar-refractivity contribution is 0.405. The fourth-order valence-electron chi connectivity index (χ4n) is 2.20. The minimum absolute atomic E-state index is 0.152. The summed E-state index contributed by atoms with van der Waals surface area (Å²) >= 11 is -1.15. The van der Waals surface area contributed by atoms with Gasteiger partial charge < -0.3 is 14.8 Å². The fourth-order valence-corrected chi connectivity index (χ4v) is 3.34. The van der Waals surface area contributed by atoms with E-state index >= 15 is 0 Å². The molecule has 106 valence electrons. The molecule has 0 saturated heterocycles. The van der Waals surface area contributed by atoms with Gasteiger partial charge in [0, 0.05) is 11.6 Å². The summed E-state index contributed by atoms with van der Waals surface area (Å²) in [4.78, 5) is 0.705. The predicted molar refractivity (Wildman–Crippen MR) is 83.8 cm³/mol. The summed E-state index contributed by atoms with van der Waals surface area (Å²) < 4.78 is 12.4. The highest BCUT2D eigenvalue weighted by atomic mass is 32.2. The van der Waals surface area contributed by atoms with Crippen molar-refractivity contribution in [3.05, 3.63) is 66.2 Å². The van der Waals surface area contributed by atoms with Crippen molar-refractivity contribution in [2.75, 3.05) is 0 Å². The molecule has 0 saturated carbocycles. The van der Waals surface area contributed by atoms with Crippen LogP contribution in [0.3, 0.4) is 0 Å². The third-order valence-corrected chi connectivity index (χ3v) is 4.68. The van der Waals surface area contributed by atoms with Gasteiger partial charge in [0.25, 0.3) is 0 Å². The first-order chi connectivity index (χ1) is 10.1. The quantitative estimate of drug-likeness (QED) is 0.574. The van der Waals surface area contributed by atoms with Crippen LogP contribution in [0.4, 0.5) is 0 Å². The first kappa shape index (κ1) is 13.8. The highest BCUT2D eigenvalue weighted by Crippen LogP contribution is 2.31. The Morgan fingerprint density at radius 3 is 2.19 bits per heavy atom. The van der Waals surface area contributed by atoms with Crippen LogP contribution in [0.1, 0.15) is 5.56 Å². The lowest BCUT2D eigenvalue weighted by Crippen LogP contribution is -2.04. The van der Waals surface area contributed by atoms with E-state index in [-0.39, 0.29) is 11.5 Å². The van der Waals surface area contributed by atoms with Gasteiger partial charge >= 0.3 is 0 Å². The Hall–Kier alpha value is -2.17. The Bertz CT molecular complexity index is 772. The standard InChI is InChI=1S/C17H14O3S/c18-16-9-13-6-7-15(8-14(13)10-17(16)19)21(20)11-12-4-2-1-3-5-12/h1-10,18-19H,11H2. The van der Waals surface area contributed by atoms with Crippen molar-refractivity contribution in [1.29, 1.82) is 0 Å². The van der Waals surface area contributed by atoms with Gasteiger partial charge in [-0.15, -0.1) is 0 Å². The zero-order valence-electron chi connectivity index (χ0n) is 11.2. The molecule has 0 aliphatic heterocycles. The number of hydrogen-bond acceptors (Lipinski definition) is 3. The predicted octanol–water partition coefficient (Wildman–Crippen LogP) is 3.56. The SMILES string of the molecule is [O-][S+](Cc1ccccc1)c1ccc2cc(O)c(O)cc2c1. The number of rotatable bonds is 3. The van der Waals surface area contributed by atoms with Gasteiger partial charge in [0.15, 0.2) is 16.4 Å². The maximum absolute atomic E-state index is 12.4. The van der Waals surface area contributed by atoms with Crippen LogP contribution in [0, 0.1) is 0 Å². The van der Waals surface area contributed by atoms with Crippen LogP contribution in [-0.4, -0.2) is 14.8 Å². The molecule has 0 bridgehead atoms. The Balaban J connectivity index is 1.91. The molecule has 3 rings (SSSR count). The van der Waals surface area contributed by atoms with Gasteiger partial charge in [-0.3, -0.25) is 0 Å². The lowest BCUT2D eigenvalue weighted by Gasteiger charge is -2.11. The van der Waals surface area contributed by atoms with Gasteiger partial charge in [-0.25, -0.2) is 0 Å². The number of benzene rings is 3. The molecule has 0 fully saturated rings. The van der Waals surface area contributed by atoms with Crippen LogP contribution in [0.15, 0.2) is 65.6 Å². The van der Waals surface area contributed by atoms with E-state index in [1.165, 1.54) is 12.1 Å². The lowest BCUT2D eigenvalue weighted by atomic mass is 10.1. The van der Waals surface area contributed by atoms with Crippen LogP contribution >= 0.6 is 0 Å². The van der Waals surface area contributed by atoms with Gasteiger partial charge in [-0.05, 0) is 46.2 Å². The minimum Gasteiger partial charge on any atom is -0.611 e. The summed E-state index contributed by atoms with van der Waals surface area (Å²) in [5, 5.41) is 20.6. The normalized spacial score (nSPS) is 12.4. The molecule has 0 radical (unpaired) electrons. The van der Waals surface area contributed by atoms with Crippen LogP contribution in [-0.2, 0) is 16.9 Å². The highest BCUT2D eigenvalue weighted by molar-refractivity contribution is 7.90. The maximum atomic E-state index is 12.4. The maximum Gasteiger partial charge on any atom is 0.158 e. The van der Waals surface area contributed by atoms with Crippen molar-refractivity contribution in [1.82, 2.24) is 0 Å². The average molecular weight is 298 g/mol. The van der Waals surface area contributed by atoms with Crippen LogP contribution in [0.25, 0.3) is 10.8 Å². The molecule has 3 aromatic rings. The molecule has 0 heterocycles. The smallest absolute Gasteiger partial charge is 0.158 e. The second-order valence-electron chi connectivity index (χ2n) is 4.83. The van der Waals surface area contributed by atoms with Crippen molar-refractivity contribution in [2.45, 2.75) is 10.6 Å². The average Bonchev–Trinajstić information content (AvgIpc) is 2.49. The van der Waals surface area contributed by atoms with E-state index < -0.39 is 11.2 Å². The summed E-state index contributed by atoms with van der Waals surface area (Å²) in [6, 6.07) is 18.0. The number of phenols is 2. The summed E-state index contributed by atoms with van der Waals surface area (Å²) in [5.41, 5.74) is 1.02. The van der Waals surface area contributed by atoms with E-state index in [2.05, 4.69) is 0 Å². The molecular formula is C17H14O3S. The first-order valence-electron chi connectivity index (χ1n) is 6.51. The molecule has 0 amide bonds. The zero-order chi connectivity index (χ0) is 14.8. The van der Waals surface area contributed by atoms with Gasteiger partial charge in [-0.1, -0.05) is 30.3 Å². The largest absolute Gasteiger partial charge is 0.611 e. The van der Waals surface area contributed by atoms with Crippen molar-refractivity contribution in [3.63, 3.8) is 0 Å². The summed E-state index contributed by atoms with van der Waals surface area (Å²) in [5.74, 6) is 0.130. The first-order valence-corrected chi connectivity index (χ1v) is 7.83. The summed E-state index contributed by atoms with van der Waals surface area (Å²) in [6.07, 6.45) is 0. The molecule has 4 heteroatoms. The number of fused-ring (bicyclic) bond motifs is 1. The molecule has 21 heavy (non-hydrogen) atoms. The topological polar surface area (TPSA) is 63.5 Å². The number of aromatic hydroxyl groups is 2. The Kier molecular flexibility index (Phi) is 3.73. The van der Waals surface area contributed by atoms with E-state index in [9.17, 15) is 14.8 Å². The zero-order valence-corrected chi connectivity index (χ0v) is 12.0. The third-order valence-electron chi connectivity index (χ3n) is 3.31. The van der Waals surface area contributed by atoms with Crippen LogP contribution in [0.2, 0.25) is 0 Å². The van der Waals surface area contributed by atoms with Gasteiger partial charge in [-0.2, -0.15) is 0 Å². The number of hydrogen-bond donors (Lipinski definition) is 2. The second kappa shape index (κ2) is 5.68. The van der Waals surface area contributed by atoms with Crippen LogP contribution < -0.4 is 0 Å². The van der Waals surface area contributed by atoms with Gasteiger partial charge in [0.2, 0.25) is 0 Å². The summed E-state index contributed by atoms with van der Waals surface area (Å²) in [7, 11) is 0. The summed E-state index contributed by atoms with van der Waals surface area (Å²) in [6.45, 7) is 0. The molecule has 0 aromatic heterocycles. The molecule has 3 nitrogen and oxygen atoms in total. The minimum atomic E-state index is -1.15. The monoisotopic (exact) mass is 298 g/mol. The molecule has 0 aliphatic rings. The van der Waals surface area contributed by atoms with Crippen molar-refractivity contribution < 1.29 is 14.8 Å². The highest BCUT2D eigenvalue weighted by Gasteiger charge is 2.13. The third kappa shape index (κ3) is 2.96. The Labute approximate surface area is 125 Å². The van der Waals surface area contributed by atoms with E-state index in [1.807, 2.05) is 30.3 Å². The Morgan fingerprint density at radius 2 is 1.48 bits per heavy atom. The van der Waals surface area contributed by atoms with E-state index in [0.29, 0.717) is 10.6 Å². The van der Waals surface area contributed by atoms with Crippen LogP contribution in [0.5, 0.6) is 11.5 Å². The Morgan fingerprint density at radius 1 is 0.810 bits per heavy atom. The van der Waals surface area contributed by atoms with Crippen molar-refractivity contribution in [3.8, 4) is 11.5 Å². The number of phenolic OH excluding ortho intramolecular Hbond substituents is 2. The van der Waals surface area contributed by atoms with E-state index in [0.717, 1.165) is 16.3 Å². The van der Waals surface area contributed by atoms with Gasteiger partial charge in [0.1, 0.15) is 5.75 Å².